The third kappa shape index (κ3) is 4.25. The summed E-state index contributed by atoms with van der Waals surface area (Å²) in [6.45, 7) is 4.78. The Hall–Kier alpha value is -2.92. The molecule has 4 rings (SSSR count). The van der Waals surface area contributed by atoms with Crippen LogP contribution < -0.4 is 5.32 Å². The van der Waals surface area contributed by atoms with Crippen LogP contribution in [-0.2, 0) is 6.54 Å². The topological polar surface area (TPSA) is 46.9 Å². The maximum atomic E-state index is 12.7. The molecule has 0 spiro atoms. The molecule has 0 fully saturated rings. The zero-order chi connectivity index (χ0) is 20.4. The molecule has 1 heterocycles. The number of fused-ring (bicyclic) bond motifs is 1. The average Bonchev–Trinajstić information content (AvgIpc) is 3.07. The first-order valence-electron chi connectivity index (χ1n) is 9.58. The Labute approximate surface area is 178 Å². The number of benzene rings is 3. The SMILES string of the molecule is Cc1cccc(Cn2c(C(C)NC(=O)c3ccc(Br)cc3)nc3ccccc32)c1. The molecule has 0 aliphatic carbocycles. The summed E-state index contributed by atoms with van der Waals surface area (Å²) in [7, 11) is 0. The van der Waals surface area contributed by atoms with Gasteiger partial charge in [0.05, 0.1) is 17.1 Å². The Morgan fingerprint density at radius 2 is 1.83 bits per heavy atom. The van der Waals surface area contributed by atoms with Gasteiger partial charge in [-0.1, -0.05) is 57.9 Å². The summed E-state index contributed by atoms with van der Waals surface area (Å²) < 4.78 is 3.14. The van der Waals surface area contributed by atoms with Gasteiger partial charge in [-0.3, -0.25) is 4.79 Å². The first-order valence-corrected chi connectivity index (χ1v) is 10.4. The molecule has 0 saturated carbocycles. The van der Waals surface area contributed by atoms with Crippen LogP contribution in [0.25, 0.3) is 11.0 Å². The molecule has 1 N–H and O–H groups in total. The highest BCUT2D eigenvalue weighted by Gasteiger charge is 2.19. The van der Waals surface area contributed by atoms with Crippen LogP contribution in [-0.4, -0.2) is 15.5 Å². The van der Waals surface area contributed by atoms with Crippen LogP contribution in [0.3, 0.4) is 0 Å². The van der Waals surface area contributed by atoms with E-state index in [-0.39, 0.29) is 11.9 Å². The zero-order valence-corrected chi connectivity index (χ0v) is 18.0. The fraction of sp³-hybridized carbons (Fsp3) is 0.167. The number of hydrogen-bond donors (Lipinski definition) is 1. The summed E-state index contributed by atoms with van der Waals surface area (Å²) >= 11 is 3.40. The largest absolute Gasteiger partial charge is 0.342 e. The number of halogens is 1. The quantitative estimate of drug-likeness (QED) is 0.429. The zero-order valence-electron chi connectivity index (χ0n) is 16.4. The lowest BCUT2D eigenvalue weighted by Crippen LogP contribution is -2.28. The van der Waals surface area contributed by atoms with E-state index in [0.717, 1.165) is 21.3 Å². The summed E-state index contributed by atoms with van der Waals surface area (Å²) in [4.78, 5) is 17.5. The number of carbonyl (C=O) groups is 1. The summed E-state index contributed by atoms with van der Waals surface area (Å²) in [5.41, 5.74) is 5.06. The first kappa shape index (κ1) is 19.4. The molecule has 4 nitrogen and oxygen atoms in total. The fourth-order valence-electron chi connectivity index (χ4n) is 3.53. The predicted octanol–water partition coefficient (Wildman–Crippen LogP) is 5.65. The molecule has 0 saturated heterocycles. The van der Waals surface area contributed by atoms with Gasteiger partial charge >= 0.3 is 0 Å². The lowest BCUT2D eigenvalue weighted by Gasteiger charge is -2.17. The molecule has 0 aliphatic heterocycles. The van der Waals surface area contributed by atoms with Crippen LogP contribution in [0.5, 0.6) is 0 Å². The van der Waals surface area contributed by atoms with Crippen molar-refractivity contribution in [3.8, 4) is 0 Å². The highest BCUT2D eigenvalue weighted by Crippen LogP contribution is 2.23. The Bertz CT molecular complexity index is 1160. The number of aryl methyl sites for hydroxylation is 1. The Kier molecular flexibility index (Phi) is 5.49. The average molecular weight is 448 g/mol. The molecule has 1 amide bonds. The lowest BCUT2D eigenvalue weighted by atomic mass is 10.1. The number of para-hydroxylation sites is 2. The van der Waals surface area contributed by atoms with E-state index >= 15 is 0 Å². The number of amides is 1. The van der Waals surface area contributed by atoms with Gasteiger partial charge in [-0.2, -0.15) is 0 Å². The van der Waals surface area contributed by atoms with Crippen LogP contribution in [0.2, 0.25) is 0 Å². The second kappa shape index (κ2) is 8.21. The van der Waals surface area contributed by atoms with E-state index in [9.17, 15) is 4.79 Å². The predicted molar refractivity (Wildman–Crippen MR) is 120 cm³/mol. The van der Waals surface area contributed by atoms with Gasteiger partial charge in [0.15, 0.2) is 0 Å². The van der Waals surface area contributed by atoms with Gasteiger partial charge < -0.3 is 9.88 Å². The van der Waals surface area contributed by atoms with Gasteiger partial charge in [0.2, 0.25) is 0 Å². The summed E-state index contributed by atoms with van der Waals surface area (Å²) in [5.74, 6) is 0.734. The van der Waals surface area contributed by atoms with Crippen LogP contribution >= 0.6 is 15.9 Å². The smallest absolute Gasteiger partial charge is 0.251 e. The highest BCUT2D eigenvalue weighted by atomic mass is 79.9. The van der Waals surface area contributed by atoms with E-state index in [1.165, 1.54) is 11.1 Å². The van der Waals surface area contributed by atoms with Crippen LogP contribution in [0.1, 0.15) is 40.3 Å². The van der Waals surface area contributed by atoms with Gasteiger partial charge in [0, 0.05) is 16.6 Å². The molecule has 1 aromatic heterocycles. The molecular weight excluding hydrogens is 426 g/mol. The number of aromatic nitrogens is 2. The van der Waals surface area contributed by atoms with Crippen LogP contribution in [0.15, 0.2) is 77.3 Å². The molecule has 29 heavy (non-hydrogen) atoms. The van der Waals surface area contributed by atoms with E-state index in [0.29, 0.717) is 12.1 Å². The molecule has 0 bridgehead atoms. The summed E-state index contributed by atoms with van der Waals surface area (Å²) in [6, 6.07) is 23.7. The Balaban J connectivity index is 1.67. The number of rotatable bonds is 5. The van der Waals surface area contributed by atoms with Crippen molar-refractivity contribution in [2.75, 3.05) is 0 Å². The van der Waals surface area contributed by atoms with E-state index in [1.807, 2.05) is 49.4 Å². The molecule has 0 aliphatic rings. The van der Waals surface area contributed by atoms with Gasteiger partial charge in [-0.15, -0.1) is 0 Å². The summed E-state index contributed by atoms with van der Waals surface area (Å²) in [6.07, 6.45) is 0. The van der Waals surface area contributed by atoms with Crippen molar-refractivity contribution in [1.29, 1.82) is 0 Å². The van der Waals surface area contributed by atoms with E-state index < -0.39 is 0 Å². The second-order valence-corrected chi connectivity index (χ2v) is 8.15. The maximum Gasteiger partial charge on any atom is 0.251 e. The van der Waals surface area contributed by atoms with E-state index in [4.69, 9.17) is 4.98 Å². The second-order valence-electron chi connectivity index (χ2n) is 7.24. The van der Waals surface area contributed by atoms with Crippen molar-refractivity contribution in [3.05, 3.63) is 99.8 Å². The van der Waals surface area contributed by atoms with Crippen LogP contribution in [0, 0.1) is 6.92 Å². The van der Waals surface area contributed by atoms with Crippen molar-refractivity contribution in [3.63, 3.8) is 0 Å². The van der Waals surface area contributed by atoms with Crippen molar-refractivity contribution in [2.45, 2.75) is 26.4 Å². The molecule has 3 aromatic carbocycles. The molecule has 1 atom stereocenters. The molecule has 1 unspecified atom stereocenters. The minimum absolute atomic E-state index is 0.112. The van der Waals surface area contributed by atoms with Crippen LogP contribution in [0.4, 0.5) is 0 Å². The normalized spacial score (nSPS) is 12.1. The number of carbonyl (C=O) groups excluding carboxylic acids is 1. The number of nitrogens with zero attached hydrogens (tertiary/aromatic N) is 2. The van der Waals surface area contributed by atoms with E-state index in [2.05, 4.69) is 63.1 Å². The van der Waals surface area contributed by atoms with E-state index in [1.54, 1.807) is 0 Å². The molecule has 0 radical (unpaired) electrons. The number of hydrogen-bond acceptors (Lipinski definition) is 2. The highest BCUT2D eigenvalue weighted by molar-refractivity contribution is 9.10. The van der Waals surface area contributed by atoms with Gasteiger partial charge in [-0.25, -0.2) is 4.98 Å². The third-order valence-electron chi connectivity index (χ3n) is 4.95. The molecule has 146 valence electrons. The van der Waals surface area contributed by atoms with Crippen molar-refractivity contribution < 1.29 is 4.79 Å². The fourth-order valence-corrected chi connectivity index (χ4v) is 3.79. The minimum atomic E-state index is -0.233. The van der Waals surface area contributed by atoms with Crippen molar-refractivity contribution in [2.24, 2.45) is 0 Å². The maximum absolute atomic E-state index is 12.7. The van der Waals surface area contributed by atoms with Gasteiger partial charge in [-0.05, 0) is 55.8 Å². The lowest BCUT2D eigenvalue weighted by molar-refractivity contribution is 0.0937. The number of nitrogens with one attached hydrogen (secondary N) is 1. The van der Waals surface area contributed by atoms with Gasteiger partial charge in [0.25, 0.3) is 5.91 Å². The number of imidazole rings is 1. The molecule has 5 heteroatoms. The monoisotopic (exact) mass is 447 g/mol. The van der Waals surface area contributed by atoms with Crippen molar-refractivity contribution >= 4 is 32.9 Å². The van der Waals surface area contributed by atoms with Gasteiger partial charge in [0.1, 0.15) is 5.82 Å². The minimum Gasteiger partial charge on any atom is -0.342 e. The van der Waals surface area contributed by atoms with Crippen molar-refractivity contribution in [1.82, 2.24) is 14.9 Å². The standard InChI is InChI=1S/C24H22BrN3O/c1-16-6-5-7-18(14-16)15-28-22-9-4-3-8-21(22)27-23(28)17(2)26-24(29)19-10-12-20(25)13-11-19/h3-14,17H,15H2,1-2H3,(H,26,29). The summed E-state index contributed by atoms with van der Waals surface area (Å²) in [5, 5.41) is 3.09. The Morgan fingerprint density at radius 1 is 1.07 bits per heavy atom. The molecule has 4 aromatic rings. The first-order chi connectivity index (χ1) is 14.0. The third-order valence-corrected chi connectivity index (χ3v) is 5.48. The Morgan fingerprint density at radius 3 is 2.59 bits per heavy atom. The molecular formula is C24H22BrN3O.